The van der Waals surface area contributed by atoms with Crippen LogP contribution in [0.2, 0.25) is 0 Å². The van der Waals surface area contributed by atoms with Crippen LogP contribution in [0.3, 0.4) is 0 Å². The summed E-state index contributed by atoms with van der Waals surface area (Å²) in [5.74, 6) is -2.41. The summed E-state index contributed by atoms with van der Waals surface area (Å²) in [5.41, 5.74) is 0. The van der Waals surface area contributed by atoms with Crippen molar-refractivity contribution in [2.45, 2.75) is 316 Å². The number of aliphatic hydroxyl groups is 1. The van der Waals surface area contributed by atoms with E-state index in [-0.39, 0.29) is 25.7 Å². The molecule has 17 nitrogen and oxygen atoms in total. The lowest BCUT2D eigenvalue weighted by Gasteiger charge is -2.21. The maximum atomic E-state index is 13.1. The molecule has 5 atom stereocenters. The Hall–Kier alpha value is -5.32. The van der Waals surface area contributed by atoms with Crippen LogP contribution in [0.1, 0.15) is 297 Å². The highest BCUT2D eigenvalue weighted by Crippen LogP contribution is 2.45. The molecule has 3 N–H and O–H groups in total. The first-order chi connectivity index (χ1) is 50.7. The molecular weight excluding hydrogens is 1350 g/mol. The van der Waals surface area contributed by atoms with Crippen molar-refractivity contribution in [2.75, 3.05) is 39.6 Å². The van der Waals surface area contributed by atoms with Gasteiger partial charge in [-0.15, -0.1) is 0 Å². The van der Waals surface area contributed by atoms with Gasteiger partial charge in [-0.05, 0) is 128 Å². The third-order valence-corrected chi connectivity index (χ3v) is 17.9. The van der Waals surface area contributed by atoms with Gasteiger partial charge in [-0.25, -0.2) is 9.13 Å². The number of phosphoric acid groups is 2. The van der Waals surface area contributed by atoms with Crippen molar-refractivity contribution < 1.29 is 80.2 Å². The van der Waals surface area contributed by atoms with E-state index in [1.165, 1.54) is 70.6 Å². The number of phosphoric ester groups is 2. The van der Waals surface area contributed by atoms with Gasteiger partial charge in [0.1, 0.15) is 19.3 Å². The van der Waals surface area contributed by atoms with Gasteiger partial charge in [0.2, 0.25) is 0 Å². The summed E-state index contributed by atoms with van der Waals surface area (Å²) in [7, 11) is -10.0. The van der Waals surface area contributed by atoms with Crippen molar-refractivity contribution >= 4 is 39.5 Å². The number of carbonyl (C=O) groups is 4. The molecule has 0 aromatic carbocycles. The second-order valence-corrected chi connectivity index (χ2v) is 28.8. The zero-order chi connectivity index (χ0) is 76.0. The molecule has 0 spiro atoms. The molecule has 0 heterocycles. The topological polar surface area (TPSA) is 237 Å². The van der Waals surface area contributed by atoms with Gasteiger partial charge in [-0.3, -0.25) is 37.3 Å². The minimum atomic E-state index is -5.01. The first kappa shape index (κ1) is 98.7. The van der Waals surface area contributed by atoms with Gasteiger partial charge < -0.3 is 33.8 Å². The molecule has 104 heavy (non-hydrogen) atoms. The molecule has 0 amide bonds. The number of rotatable bonds is 73. The van der Waals surface area contributed by atoms with Crippen LogP contribution < -0.4 is 0 Å². The number of allylic oxidation sites excluding steroid dienone is 25. The lowest BCUT2D eigenvalue weighted by atomic mass is 10.0. The van der Waals surface area contributed by atoms with E-state index in [9.17, 15) is 43.2 Å². The SMILES string of the molecule is CC/C=C\C/C=C\C/C=C\C/C=C\C/C=C\CCCC(=O)OC(COC(=O)CCCCCCCC/C=C\C/C=C\C/C=C\CCCCC)COP(=O)(O)OCC(O)COP(=O)(O)OCC(COC(=O)C/C=C\C/C=C\C/C=C\C/C=C\C/C=C\CC)OC(=O)CCCCCCCCCCCCCCC. The van der Waals surface area contributed by atoms with Crippen LogP contribution >= 0.6 is 15.6 Å². The Morgan fingerprint density at radius 2 is 0.548 bits per heavy atom. The van der Waals surface area contributed by atoms with Crippen molar-refractivity contribution in [3.8, 4) is 0 Å². The predicted molar refractivity (Wildman–Crippen MR) is 427 cm³/mol. The van der Waals surface area contributed by atoms with Gasteiger partial charge >= 0.3 is 39.5 Å². The molecule has 0 aromatic heterocycles. The summed E-state index contributed by atoms with van der Waals surface area (Å²) in [6, 6.07) is 0. The smallest absolute Gasteiger partial charge is 0.462 e. The predicted octanol–water partition coefficient (Wildman–Crippen LogP) is 23.2. The van der Waals surface area contributed by atoms with Gasteiger partial charge in [0.15, 0.2) is 12.2 Å². The Labute approximate surface area is 629 Å². The zero-order valence-corrected chi connectivity index (χ0v) is 66.4. The van der Waals surface area contributed by atoms with Gasteiger partial charge in [0, 0.05) is 19.3 Å². The standard InChI is InChI=1S/C85H140O17P2/c1-5-9-13-17-21-25-29-33-36-38-39-41-43-47-50-54-58-62-66-70-83(88)96-76-81(102-85(90)72-68-64-60-56-52-48-44-40-37-34-30-26-22-18-14-10-6-2)78-100-104(93,94)98-74-79(86)73-97-103(91,92)99-77-80(101-84(89)71-67-63-59-55-51-45-32-28-24-20-16-12-8-4)75-95-82(87)69-65-61-57-53-49-46-42-35-31-27-23-19-15-11-7-3/h10-11,14-15,21-23,25-27,33-37,39,41-42,44,48-49,53,56,60-61,65,79-81,86H,5-9,12-13,16-20,24,28-32,38,40,43,45-47,50-52,54-55,57-59,62-64,66-78H2,1-4H3,(H,91,92)(H,93,94)/b14-10-,15-11-,25-21-,26-22-,27-23-,36-33-,37-34-,41-39-,42-35-,48-44-,53-49-,60-56-,65-61-. The number of aliphatic hydroxyl groups excluding tert-OH is 1. The van der Waals surface area contributed by atoms with Crippen LogP contribution in [-0.2, 0) is 65.4 Å². The highest BCUT2D eigenvalue weighted by Gasteiger charge is 2.30. The quantitative estimate of drug-likeness (QED) is 0.0169. The van der Waals surface area contributed by atoms with E-state index in [0.717, 1.165) is 141 Å². The largest absolute Gasteiger partial charge is 0.472 e. The van der Waals surface area contributed by atoms with Crippen molar-refractivity contribution in [2.24, 2.45) is 0 Å². The number of ether oxygens (including phenoxy) is 4. The minimum absolute atomic E-state index is 0.00683. The molecule has 5 unspecified atom stereocenters. The molecule has 0 saturated heterocycles. The molecular formula is C85H140O17P2. The van der Waals surface area contributed by atoms with E-state index in [1.807, 2.05) is 30.4 Å². The lowest BCUT2D eigenvalue weighted by Crippen LogP contribution is -2.30. The Balaban J connectivity index is 5.48. The summed E-state index contributed by atoms with van der Waals surface area (Å²) >= 11 is 0. The summed E-state index contributed by atoms with van der Waals surface area (Å²) in [4.78, 5) is 72.9. The second kappa shape index (κ2) is 75.9. The van der Waals surface area contributed by atoms with Gasteiger partial charge in [0.25, 0.3) is 0 Å². The molecule has 0 bridgehead atoms. The number of carbonyl (C=O) groups excluding carboxylic acids is 4. The summed E-state index contributed by atoms with van der Waals surface area (Å²) in [6.07, 6.45) is 88.3. The molecule has 0 aliphatic heterocycles. The Morgan fingerprint density at radius 3 is 0.913 bits per heavy atom. The molecule has 0 saturated carbocycles. The fourth-order valence-corrected chi connectivity index (χ4v) is 11.6. The maximum absolute atomic E-state index is 13.1. The van der Waals surface area contributed by atoms with Gasteiger partial charge in [-0.1, -0.05) is 301 Å². The van der Waals surface area contributed by atoms with Crippen molar-refractivity contribution in [1.29, 1.82) is 0 Å². The van der Waals surface area contributed by atoms with Crippen LogP contribution in [0.15, 0.2) is 158 Å². The van der Waals surface area contributed by atoms with Crippen molar-refractivity contribution in [3.05, 3.63) is 158 Å². The van der Waals surface area contributed by atoms with Crippen molar-refractivity contribution in [3.63, 3.8) is 0 Å². The van der Waals surface area contributed by atoms with Crippen LogP contribution in [0.4, 0.5) is 0 Å². The number of hydrogen-bond donors (Lipinski definition) is 3. The average Bonchev–Trinajstić information content (AvgIpc) is 0.917. The highest BCUT2D eigenvalue weighted by molar-refractivity contribution is 7.47. The fourth-order valence-electron chi connectivity index (χ4n) is 10.0. The Morgan fingerprint density at radius 1 is 0.288 bits per heavy atom. The highest BCUT2D eigenvalue weighted by atomic mass is 31.2. The monoisotopic (exact) mass is 1490 g/mol. The Kier molecular flexibility index (Phi) is 72.0. The van der Waals surface area contributed by atoms with Gasteiger partial charge in [0.05, 0.1) is 32.8 Å². The third-order valence-electron chi connectivity index (χ3n) is 16.0. The molecule has 19 heteroatoms. The van der Waals surface area contributed by atoms with Crippen LogP contribution in [0.25, 0.3) is 0 Å². The maximum Gasteiger partial charge on any atom is 0.472 e. The number of hydrogen-bond acceptors (Lipinski definition) is 15. The molecule has 0 aromatic rings. The summed E-state index contributed by atoms with van der Waals surface area (Å²) in [6.45, 7) is 4.42. The molecule has 0 aliphatic carbocycles. The van der Waals surface area contributed by atoms with Crippen LogP contribution in [-0.4, -0.2) is 96.7 Å². The van der Waals surface area contributed by atoms with E-state index in [4.69, 9.17) is 37.0 Å². The van der Waals surface area contributed by atoms with E-state index in [0.29, 0.717) is 32.1 Å². The normalized spacial score (nSPS) is 14.7. The van der Waals surface area contributed by atoms with Crippen LogP contribution in [0.5, 0.6) is 0 Å². The third kappa shape index (κ3) is 74.9. The van der Waals surface area contributed by atoms with E-state index < -0.39 is 97.5 Å². The fraction of sp³-hybridized carbons (Fsp3) is 0.647. The molecule has 0 fully saturated rings. The van der Waals surface area contributed by atoms with Crippen molar-refractivity contribution in [1.82, 2.24) is 0 Å². The molecule has 592 valence electrons. The first-order valence-corrected chi connectivity index (χ1v) is 42.7. The van der Waals surface area contributed by atoms with E-state index in [2.05, 4.69) is 149 Å². The molecule has 0 rings (SSSR count). The number of esters is 4. The second-order valence-electron chi connectivity index (χ2n) is 25.9. The number of unbranched alkanes of at least 4 members (excludes halogenated alkanes) is 22. The van der Waals surface area contributed by atoms with E-state index in [1.54, 1.807) is 6.08 Å². The zero-order valence-electron chi connectivity index (χ0n) is 64.6. The average molecular weight is 1500 g/mol. The first-order valence-electron chi connectivity index (χ1n) is 39.7. The summed E-state index contributed by atoms with van der Waals surface area (Å²) < 4.78 is 68.4. The van der Waals surface area contributed by atoms with E-state index >= 15 is 0 Å². The Bertz CT molecular complexity index is 2590. The molecule has 0 radical (unpaired) electrons. The summed E-state index contributed by atoms with van der Waals surface area (Å²) in [5, 5.41) is 10.6. The van der Waals surface area contributed by atoms with Crippen LogP contribution in [0, 0.1) is 0 Å². The minimum Gasteiger partial charge on any atom is -0.462 e. The molecule has 0 aliphatic rings. The van der Waals surface area contributed by atoms with Gasteiger partial charge in [-0.2, -0.15) is 0 Å². The lowest BCUT2D eigenvalue weighted by molar-refractivity contribution is -0.161.